The maximum atomic E-state index is 14.4. The van der Waals surface area contributed by atoms with E-state index in [2.05, 4.69) is 0 Å². The highest BCUT2D eigenvalue weighted by Gasteiger charge is 2.52. The lowest BCUT2D eigenvalue weighted by atomic mass is 9.99. The molecule has 1 aliphatic rings. The van der Waals surface area contributed by atoms with E-state index in [1.807, 2.05) is 0 Å². The SMILES string of the molecule is N#CC(C#N)=C1c2ccsc2C(=C(C#N)C#N)C1(F)F. The van der Waals surface area contributed by atoms with Crippen molar-refractivity contribution in [2.45, 2.75) is 5.92 Å². The van der Waals surface area contributed by atoms with Crippen LogP contribution in [0.3, 0.4) is 0 Å². The molecule has 0 unspecified atom stereocenters. The molecular formula is C13H2F2N4S. The highest BCUT2D eigenvalue weighted by molar-refractivity contribution is 7.11. The Morgan fingerprint density at radius 2 is 1.45 bits per heavy atom. The van der Waals surface area contributed by atoms with E-state index in [9.17, 15) is 8.78 Å². The fourth-order valence-corrected chi connectivity index (χ4v) is 2.96. The molecule has 1 heterocycles. The third kappa shape index (κ3) is 1.59. The first-order chi connectivity index (χ1) is 9.52. The molecule has 20 heavy (non-hydrogen) atoms. The minimum absolute atomic E-state index is 0.0242. The average molecular weight is 284 g/mol. The average Bonchev–Trinajstić information content (AvgIpc) is 2.95. The molecule has 0 spiro atoms. The van der Waals surface area contributed by atoms with Crippen LogP contribution in [0.2, 0.25) is 0 Å². The van der Waals surface area contributed by atoms with Crippen LogP contribution in [0.5, 0.6) is 0 Å². The standard InChI is InChI=1S/C13H2F2N4S/c14-13(15)10(7(3-16)4-17)9-1-2-20-12(9)11(13)8(5-18)6-19/h1-2H. The summed E-state index contributed by atoms with van der Waals surface area (Å²) in [4.78, 5) is 0.0473. The van der Waals surface area contributed by atoms with Gasteiger partial charge in [0.2, 0.25) is 0 Å². The molecule has 7 heteroatoms. The van der Waals surface area contributed by atoms with Crippen LogP contribution < -0.4 is 0 Å². The number of nitrogens with zero attached hydrogens (tertiary/aromatic N) is 4. The summed E-state index contributed by atoms with van der Waals surface area (Å²) in [5.41, 5.74) is -2.89. The van der Waals surface area contributed by atoms with E-state index < -0.39 is 28.2 Å². The largest absolute Gasteiger partial charge is 0.304 e. The summed E-state index contributed by atoms with van der Waals surface area (Å²) in [6.45, 7) is 0. The van der Waals surface area contributed by atoms with Crippen molar-refractivity contribution in [2.75, 3.05) is 0 Å². The quantitative estimate of drug-likeness (QED) is 0.684. The number of rotatable bonds is 0. The van der Waals surface area contributed by atoms with E-state index in [0.717, 1.165) is 11.3 Å². The van der Waals surface area contributed by atoms with Gasteiger partial charge in [-0.1, -0.05) is 0 Å². The lowest BCUT2D eigenvalue weighted by Gasteiger charge is -2.13. The van der Waals surface area contributed by atoms with Crippen LogP contribution in [0.25, 0.3) is 11.1 Å². The van der Waals surface area contributed by atoms with Gasteiger partial charge in [0.15, 0.2) is 0 Å². The fraction of sp³-hybridized carbons (Fsp3) is 0.0769. The van der Waals surface area contributed by atoms with Gasteiger partial charge >= 0.3 is 5.92 Å². The number of nitriles is 4. The molecular weight excluding hydrogens is 282 g/mol. The molecule has 0 saturated carbocycles. The Hall–Kier alpha value is -3.00. The molecule has 0 bridgehead atoms. The highest BCUT2D eigenvalue weighted by atomic mass is 32.1. The van der Waals surface area contributed by atoms with E-state index >= 15 is 0 Å². The maximum absolute atomic E-state index is 14.4. The van der Waals surface area contributed by atoms with Crippen molar-refractivity contribution >= 4 is 22.5 Å². The summed E-state index contributed by atoms with van der Waals surface area (Å²) in [5.74, 6) is -3.70. The normalized spacial score (nSPS) is 14.5. The van der Waals surface area contributed by atoms with Crippen molar-refractivity contribution in [2.24, 2.45) is 0 Å². The van der Waals surface area contributed by atoms with Crippen molar-refractivity contribution in [3.05, 3.63) is 33.0 Å². The molecule has 1 aromatic heterocycles. The molecule has 1 aromatic rings. The molecule has 0 atom stereocenters. The molecule has 0 amide bonds. The van der Waals surface area contributed by atoms with Gasteiger partial charge < -0.3 is 0 Å². The number of halogens is 2. The molecule has 2 rings (SSSR count). The number of hydrogen-bond acceptors (Lipinski definition) is 5. The van der Waals surface area contributed by atoms with E-state index in [-0.39, 0.29) is 10.4 Å². The number of allylic oxidation sites excluding steroid dienone is 4. The highest BCUT2D eigenvalue weighted by Crippen LogP contribution is 2.55. The van der Waals surface area contributed by atoms with Gasteiger partial charge in [-0.05, 0) is 11.4 Å². The lowest BCUT2D eigenvalue weighted by Crippen LogP contribution is -2.16. The minimum Gasteiger partial charge on any atom is -0.196 e. The van der Waals surface area contributed by atoms with Gasteiger partial charge in [0.05, 0.1) is 11.1 Å². The zero-order chi connectivity index (χ0) is 14.9. The Labute approximate surface area is 116 Å². The smallest absolute Gasteiger partial charge is 0.196 e. The van der Waals surface area contributed by atoms with Crippen LogP contribution in [0.4, 0.5) is 8.78 Å². The summed E-state index contributed by atoms with van der Waals surface area (Å²) in [6.07, 6.45) is 0. The van der Waals surface area contributed by atoms with Gasteiger partial charge in [-0.2, -0.15) is 29.8 Å². The van der Waals surface area contributed by atoms with Crippen molar-refractivity contribution in [3.63, 3.8) is 0 Å². The second kappa shape index (κ2) is 4.59. The Kier molecular flexibility index (Phi) is 3.08. The number of thiophene rings is 1. The molecule has 0 radical (unpaired) electrons. The Bertz CT molecular complexity index is 733. The van der Waals surface area contributed by atoms with Crippen molar-refractivity contribution < 1.29 is 8.78 Å². The van der Waals surface area contributed by atoms with E-state index in [0.29, 0.717) is 0 Å². The van der Waals surface area contributed by atoms with Crippen LogP contribution in [-0.4, -0.2) is 5.92 Å². The number of hydrogen-bond donors (Lipinski definition) is 0. The summed E-state index contributed by atoms with van der Waals surface area (Å²) in [5, 5.41) is 36.8. The van der Waals surface area contributed by atoms with Crippen LogP contribution in [-0.2, 0) is 0 Å². The first kappa shape index (κ1) is 13.4. The Morgan fingerprint density at radius 1 is 0.950 bits per heavy atom. The molecule has 4 nitrogen and oxygen atoms in total. The molecule has 0 aromatic carbocycles. The van der Waals surface area contributed by atoms with Crippen molar-refractivity contribution in [1.29, 1.82) is 21.0 Å². The Morgan fingerprint density at radius 3 is 1.95 bits per heavy atom. The van der Waals surface area contributed by atoms with Gasteiger partial charge in [0, 0.05) is 10.4 Å². The van der Waals surface area contributed by atoms with Crippen LogP contribution >= 0.6 is 11.3 Å². The zero-order valence-electron chi connectivity index (χ0n) is 9.61. The summed E-state index contributed by atoms with van der Waals surface area (Å²) in [7, 11) is 0. The molecule has 0 fully saturated rings. The molecule has 94 valence electrons. The Balaban J connectivity index is 2.98. The third-order valence-corrected chi connectivity index (χ3v) is 3.67. The second-order valence-electron chi connectivity index (χ2n) is 3.69. The molecule has 0 saturated heterocycles. The zero-order valence-corrected chi connectivity index (χ0v) is 10.4. The topological polar surface area (TPSA) is 95.2 Å². The van der Waals surface area contributed by atoms with Gasteiger partial charge in [-0.3, -0.25) is 0 Å². The van der Waals surface area contributed by atoms with E-state index in [4.69, 9.17) is 21.0 Å². The van der Waals surface area contributed by atoms with Gasteiger partial charge in [0.1, 0.15) is 35.4 Å². The van der Waals surface area contributed by atoms with Gasteiger partial charge in [-0.15, -0.1) is 11.3 Å². The first-order valence-electron chi connectivity index (χ1n) is 5.08. The number of alkyl halides is 2. The minimum atomic E-state index is -3.70. The lowest BCUT2D eigenvalue weighted by molar-refractivity contribution is 0.138. The van der Waals surface area contributed by atoms with Crippen molar-refractivity contribution in [3.8, 4) is 24.3 Å². The summed E-state index contributed by atoms with van der Waals surface area (Å²) in [6, 6.07) is 7.07. The van der Waals surface area contributed by atoms with E-state index in [1.165, 1.54) is 35.7 Å². The first-order valence-corrected chi connectivity index (χ1v) is 5.96. The van der Waals surface area contributed by atoms with Gasteiger partial charge in [-0.25, -0.2) is 0 Å². The van der Waals surface area contributed by atoms with Crippen LogP contribution in [0.1, 0.15) is 10.4 Å². The van der Waals surface area contributed by atoms with Crippen LogP contribution in [0, 0.1) is 45.3 Å². The third-order valence-electron chi connectivity index (χ3n) is 2.74. The van der Waals surface area contributed by atoms with Crippen LogP contribution in [0.15, 0.2) is 22.6 Å². The fourth-order valence-electron chi connectivity index (χ4n) is 1.97. The predicted octanol–water partition coefficient (Wildman–Crippen LogP) is 3.00. The molecule has 1 aliphatic carbocycles. The van der Waals surface area contributed by atoms with E-state index in [1.54, 1.807) is 0 Å². The second-order valence-corrected chi connectivity index (χ2v) is 4.60. The summed E-state index contributed by atoms with van der Waals surface area (Å²) >= 11 is 0.931. The summed E-state index contributed by atoms with van der Waals surface area (Å²) < 4.78 is 28.9. The molecule has 0 aliphatic heterocycles. The van der Waals surface area contributed by atoms with Crippen molar-refractivity contribution in [1.82, 2.24) is 0 Å². The maximum Gasteiger partial charge on any atom is 0.304 e. The number of fused-ring (bicyclic) bond motifs is 1. The predicted molar refractivity (Wildman–Crippen MR) is 65.6 cm³/mol. The molecule has 0 N–H and O–H groups in total. The monoisotopic (exact) mass is 284 g/mol. The van der Waals surface area contributed by atoms with Gasteiger partial charge in [0.25, 0.3) is 0 Å².